The number of para-hydroxylation sites is 1. The van der Waals surface area contributed by atoms with Crippen molar-refractivity contribution in [3.63, 3.8) is 0 Å². The molecule has 1 saturated heterocycles. The van der Waals surface area contributed by atoms with Gasteiger partial charge in [-0.25, -0.2) is 0 Å². The first-order valence-electron chi connectivity index (χ1n) is 7.66. The minimum atomic E-state index is -0.532. The maximum Gasteiger partial charge on any atom is 0.0685 e. The Labute approximate surface area is 126 Å². The first-order chi connectivity index (χ1) is 10.2. The van der Waals surface area contributed by atoms with Crippen LogP contribution in [0.2, 0.25) is 0 Å². The minimum Gasteiger partial charge on any atom is -0.390 e. The predicted octanol–water partition coefficient (Wildman–Crippen LogP) is 2.38. The summed E-state index contributed by atoms with van der Waals surface area (Å²) in [6, 6.07) is 12.5. The van der Waals surface area contributed by atoms with Crippen molar-refractivity contribution in [1.29, 1.82) is 0 Å². The van der Waals surface area contributed by atoms with Crippen LogP contribution >= 0.6 is 0 Å². The molecule has 0 atom stereocenters. The van der Waals surface area contributed by atoms with Gasteiger partial charge in [0.2, 0.25) is 0 Å². The van der Waals surface area contributed by atoms with Crippen LogP contribution in [0.3, 0.4) is 0 Å². The second-order valence-corrected chi connectivity index (χ2v) is 5.99. The summed E-state index contributed by atoms with van der Waals surface area (Å²) in [7, 11) is 1.96. The van der Waals surface area contributed by atoms with Crippen molar-refractivity contribution in [3.8, 4) is 0 Å². The van der Waals surface area contributed by atoms with Crippen LogP contribution in [-0.4, -0.2) is 33.6 Å². The number of rotatable bonds is 4. The Bertz CT molecular complexity index is 571. The lowest BCUT2D eigenvalue weighted by Crippen LogP contribution is -2.44. The third-order valence-corrected chi connectivity index (χ3v) is 4.58. The van der Waals surface area contributed by atoms with E-state index in [1.54, 1.807) is 0 Å². The highest BCUT2D eigenvalue weighted by molar-refractivity contribution is 5.46. The van der Waals surface area contributed by atoms with Crippen LogP contribution in [0.5, 0.6) is 0 Å². The second-order valence-electron chi connectivity index (χ2n) is 5.99. The second kappa shape index (κ2) is 5.90. The lowest BCUT2D eigenvalue weighted by molar-refractivity contribution is 0.00792. The zero-order valence-corrected chi connectivity index (χ0v) is 12.6. The summed E-state index contributed by atoms with van der Waals surface area (Å²) in [4.78, 5) is 2.36. The van der Waals surface area contributed by atoms with E-state index in [0.717, 1.165) is 38.8 Å². The zero-order chi connectivity index (χ0) is 14.7. The summed E-state index contributed by atoms with van der Waals surface area (Å²) in [6.45, 7) is 1.85. The average Bonchev–Trinajstić information content (AvgIpc) is 2.92. The van der Waals surface area contributed by atoms with Gasteiger partial charge in [-0.05, 0) is 43.9 Å². The molecule has 0 unspecified atom stereocenters. The Morgan fingerprint density at radius 1 is 1.14 bits per heavy atom. The number of aromatic nitrogens is 2. The van der Waals surface area contributed by atoms with Crippen molar-refractivity contribution >= 4 is 5.69 Å². The molecule has 0 radical (unpaired) electrons. The molecule has 1 aliphatic rings. The molecule has 1 aromatic heterocycles. The van der Waals surface area contributed by atoms with Gasteiger partial charge in [-0.3, -0.25) is 4.68 Å². The van der Waals surface area contributed by atoms with E-state index in [1.165, 1.54) is 11.4 Å². The highest BCUT2D eigenvalue weighted by Gasteiger charge is 2.32. The van der Waals surface area contributed by atoms with Crippen LogP contribution in [0, 0.1) is 0 Å². The standard InChI is InChI=1S/C17H23N3O/c1-19-15(8-12-18-19)7-9-17(21)10-13-20(14-11-17)16-5-3-2-4-6-16/h2-6,8,12,21H,7,9-11,13-14H2,1H3. The topological polar surface area (TPSA) is 41.3 Å². The van der Waals surface area contributed by atoms with Gasteiger partial charge < -0.3 is 10.0 Å². The van der Waals surface area contributed by atoms with Crippen LogP contribution in [0.25, 0.3) is 0 Å². The van der Waals surface area contributed by atoms with Crippen molar-refractivity contribution in [2.75, 3.05) is 18.0 Å². The summed E-state index contributed by atoms with van der Waals surface area (Å²) in [5.74, 6) is 0. The fourth-order valence-corrected chi connectivity index (χ4v) is 3.08. The van der Waals surface area contributed by atoms with Crippen molar-refractivity contribution in [1.82, 2.24) is 9.78 Å². The molecule has 4 nitrogen and oxygen atoms in total. The summed E-state index contributed by atoms with van der Waals surface area (Å²) in [5, 5.41) is 15.0. The van der Waals surface area contributed by atoms with E-state index in [2.05, 4.69) is 34.3 Å². The number of benzene rings is 1. The molecule has 1 fully saturated rings. The maximum atomic E-state index is 10.8. The Balaban J connectivity index is 1.56. The largest absolute Gasteiger partial charge is 0.390 e. The van der Waals surface area contributed by atoms with E-state index in [0.29, 0.717) is 0 Å². The van der Waals surface area contributed by atoms with Crippen LogP contribution in [0.1, 0.15) is 25.0 Å². The van der Waals surface area contributed by atoms with E-state index in [9.17, 15) is 5.11 Å². The van der Waals surface area contributed by atoms with Gasteiger partial charge in [-0.15, -0.1) is 0 Å². The first-order valence-corrected chi connectivity index (χ1v) is 7.66. The van der Waals surface area contributed by atoms with Gasteiger partial charge in [0.25, 0.3) is 0 Å². The summed E-state index contributed by atoms with van der Waals surface area (Å²) in [5.41, 5.74) is 1.91. The van der Waals surface area contributed by atoms with Crippen molar-refractivity contribution in [2.45, 2.75) is 31.3 Å². The number of anilines is 1. The molecule has 2 heterocycles. The van der Waals surface area contributed by atoms with Gasteiger partial charge in [0.15, 0.2) is 0 Å². The molecule has 2 aromatic rings. The van der Waals surface area contributed by atoms with Gasteiger partial charge in [-0.1, -0.05) is 18.2 Å². The lowest BCUT2D eigenvalue weighted by atomic mass is 9.86. The molecule has 1 aliphatic heterocycles. The number of hydrogen-bond acceptors (Lipinski definition) is 3. The average molecular weight is 285 g/mol. The fourth-order valence-electron chi connectivity index (χ4n) is 3.08. The Hall–Kier alpha value is -1.81. The smallest absolute Gasteiger partial charge is 0.0685 e. The Morgan fingerprint density at radius 2 is 1.86 bits per heavy atom. The highest BCUT2D eigenvalue weighted by atomic mass is 16.3. The third kappa shape index (κ3) is 3.27. The summed E-state index contributed by atoms with van der Waals surface area (Å²) < 4.78 is 1.89. The Morgan fingerprint density at radius 3 is 2.48 bits per heavy atom. The zero-order valence-electron chi connectivity index (χ0n) is 12.6. The van der Waals surface area contributed by atoms with E-state index in [4.69, 9.17) is 0 Å². The Kier molecular flexibility index (Phi) is 3.97. The number of aliphatic hydroxyl groups is 1. The first kappa shape index (κ1) is 14.1. The monoisotopic (exact) mass is 285 g/mol. The van der Waals surface area contributed by atoms with E-state index in [-0.39, 0.29) is 0 Å². The van der Waals surface area contributed by atoms with Crippen molar-refractivity contribution in [3.05, 3.63) is 48.3 Å². The molecule has 1 aromatic carbocycles. The van der Waals surface area contributed by atoms with Gasteiger partial charge in [0.05, 0.1) is 5.60 Å². The molecule has 3 rings (SSSR count). The SMILES string of the molecule is Cn1nccc1CCC1(O)CCN(c2ccccc2)CC1. The van der Waals surface area contributed by atoms with Crippen LogP contribution in [0.4, 0.5) is 5.69 Å². The summed E-state index contributed by atoms with van der Waals surface area (Å²) in [6.07, 6.45) is 5.18. The number of hydrogen-bond donors (Lipinski definition) is 1. The lowest BCUT2D eigenvalue weighted by Gasteiger charge is -2.39. The van der Waals surface area contributed by atoms with E-state index < -0.39 is 5.60 Å². The molecule has 112 valence electrons. The summed E-state index contributed by atoms with van der Waals surface area (Å²) >= 11 is 0. The quantitative estimate of drug-likeness (QED) is 0.938. The molecular formula is C17H23N3O. The van der Waals surface area contributed by atoms with Gasteiger partial charge >= 0.3 is 0 Å². The molecule has 0 saturated carbocycles. The van der Waals surface area contributed by atoms with Gasteiger partial charge in [-0.2, -0.15) is 5.10 Å². The molecule has 0 amide bonds. The molecule has 0 bridgehead atoms. The van der Waals surface area contributed by atoms with Crippen molar-refractivity contribution in [2.24, 2.45) is 7.05 Å². The van der Waals surface area contributed by atoms with E-state index >= 15 is 0 Å². The van der Waals surface area contributed by atoms with E-state index in [1.807, 2.05) is 30.1 Å². The molecule has 0 aliphatic carbocycles. The molecule has 21 heavy (non-hydrogen) atoms. The van der Waals surface area contributed by atoms with Crippen LogP contribution in [-0.2, 0) is 13.5 Å². The number of nitrogens with zero attached hydrogens (tertiary/aromatic N) is 3. The molecule has 1 N–H and O–H groups in total. The minimum absolute atomic E-state index is 0.532. The maximum absolute atomic E-state index is 10.8. The molecule has 0 spiro atoms. The number of aryl methyl sites for hydroxylation is 2. The van der Waals surface area contributed by atoms with Crippen molar-refractivity contribution < 1.29 is 5.11 Å². The van der Waals surface area contributed by atoms with Crippen LogP contribution in [0.15, 0.2) is 42.6 Å². The highest BCUT2D eigenvalue weighted by Crippen LogP contribution is 2.29. The third-order valence-electron chi connectivity index (χ3n) is 4.58. The molecular weight excluding hydrogens is 262 g/mol. The number of piperidine rings is 1. The van der Waals surface area contributed by atoms with Crippen LogP contribution < -0.4 is 4.90 Å². The normalized spacial score (nSPS) is 17.9. The molecule has 4 heteroatoms. The van der Waals surface area contributed by atoms with Gasteiger partial charge in [0.1, 0.15) is 0 Å². The van der Waals surface area contributed by atoms with Gasteiger partial charge in [0, 0.05) is 37.7 Å². The predicted molar refractivity (Wildman–Crippen MR) is 84.4 cm³/mol. The fraction of sp³-hybridized carbons (Fsp3) is 0.471.